The van der Waals surface area contributed by atoms with Crippen molar-refractivity contribution in [2.45, 2.75) is 50.0 Å². The standard InChI is InChI=1S/C16H23NO3S/c1-3-15(17-16(18)13-6-4-5-7-13)12-8-10-14(11-9-12)21(2,19)20/h8-11,13,15H,3-7H2,1-2H3,(H,17,18)/t15-/m1/s1. The third-order valence-corrected chi connectivity index (χ3v) is 5.29. The van der Waals surface area contributed by atoms with E-state index in [1.165, 1.54) is 6.26 Å². The van der Waals surface area contributed by atoms with Gasteiger partial charge < -0.3 is 5.32 Å². The van der Waals surface area contributed by atoms with Gasteiger partial charge >= 0.3 is 0 Å². The number of hydrogen-bond acceptors (Lipinski definition) is 3. The molecule has 2 rings (SSSR count). The molecule has 1 fully saturated rings. The quantitative estimate of drug-likeness (QED) is 0.909. The predicted molar refractivity (Wildman–Crippen MR) is 82.7 cm³/mol. The maximum atomic E-state index is 12.2. The minimum Gasteiger partial charge on any atom is -0.349 e. The van der Waals surface area contributed by atoms with Gasteiger partial charge in [0.2, 0.25) is 5.91 Å². The van der Waals surface area contributed by atoms with Crippen LogP contribution in [0.15, 0.2) is 29.2 Å². The molecule has 1 aliphatic carbocycles. The molecule has 0 unspecified atom stereocenters. The number of benzene rings is 1. The molecular weight excluding hydrogens is 286 g/mol. The summed E-state index contributed by atoms with van der Waals surface area (Å²) in [6.07, 6.45) is 6.22. The Labute approximate surface area is 126 Å². The van der Waals surface area contributed by atoms with Gasteiger partial charge in [0.25, 0.3) is 0 Å². The van der Waals surface area contributed by atoms with Crippen LogP contribution in [0.5, 0.6) is 0 Å². The molecule has 0 aromatic heterocycles. The molecule has 1 N–H and O–H groups in total. The molecule has 1 aliphatic rings. The Hall–Kier alpha value is -1.36. The fraction of sp³-hybridized carbons (Fsp3) is 0.562. The number of rotatable bonds is 5. The van der Waals surface area contributed by atoms with Crippen molar-refractivity contribution >= 4 is 15.7 Å². The van der Waals surface area contributed by atoms with Crippen molar-refractivity contribution in [3.05, 3.63) is 29.8 Å². The van der Waals surface area contributed by atoms with Crippen LogP contribution in [0.1, 0.15) is 50.6 Å². The van der Waals surface area contributed by atoms with Crippen LogP contribution in [0, 0.1) is 5.92 Å². The van der Waals surface area contributed by atoms with Crippen LogP contribution in [0.3, 0.4) is 0 Å². The Morgan fingerprint density at radius 2 is 1.81 bits per heavy atom. The maximum Gasteiger partial charge on any atom is 0.223 e. The Kier molecular flexibility index (Phi) is 5.04. The fourth-order valence-electron chi connectivity index (χ4n) is 2.85. The first-order valence-electron chi connectivity index (χ1n) is 7.52. The van der Waals surface area contributed by atoms with Crippen LogP contribution in [0.2, 0.25) is 0 Å². The van der Waals surface area contributed by atoms with Crippen molar-refractivity contribution in [3.63, 3.8) is 0 Å². The second-order valence-electron chi connectivity index (χ2n) is 5.79. The van der Waals surface area contributed by atoms with Crippen molar-refractivity contribution in [2.24, 2.45) is 5.92 Å². The summed E-state index contributed by atoms with van der Waals surface area (Å²) >= 11 is 0. The van der Waals surface area contributed by atoms with Crippen LogP contribution in [-0.4, -0.2) is 20.6 Å². The van der Waals surface area contributed by atoms with Crippen LogP contribution >= 0.6 is 0 Å². The minimum absolute atomic E-state index is 0.0493. The lowest BCUT2D eigenvalue weighted by molar-refractivity contribution is -0.125. The molecule has 0 bridgehead atoms. The van der Waals surface area contributed by atoms with E-state index in [0.717, 1.165) is 37.7 Å². The molecule has 1 aromatic rings. The summed E-state index contributed by atoms with van der Waals surface area (Å²) in [4.78, 5) is 12.5. The monoisotopic (exact) mass is 309 g/mol. The normalized spacial score (nSPS) is 17.6. The van der Waals surface area contributed by atoms with E-state index in [1.54, 1.807) is 24.3 Å². The molecule has 0 spiro atoms. The molecule has 0 radical (unpaired) electrons. The minimum atomic E-state index is -3.18. The van der Waals surface area contributed by atoms with Crippen molar-refractivity contribution in [1.82, 2.24) is 5.32 Å². The van der Waals surface area contributed by atoms with Crippen molar-refractivity contribution < 1.29 is 13.2 Å². The summed E-state index contributed by atoms with van der Waals surface area (Å²) in [5.41, 5.74) is 0.955. The maximum absolute atomic E-state index is 12.2. The highest BCUT2D eigenvalue weighted by Crippen LogP contribution is 2.26. The molecule has 0 saturated heterocycles. The molecule has 0 aliphatic heterocycles. The average molecular weight is 309 g/mol. The first kappa shape index (κ1) is 16.0. The molecule has 21 heavy (non-hydrogen) atoms. The van der Waals surface area contributed by atoms with Gasteiger partial charge in [-0.25, -0.2) is 8.42 Å². The predicted octanol–water partition coefficient (Wildman–Crippen LogP) is 2.85. The van der Waals surface area contributed by atoms with Crippen molar-refractivity contribution in [3.8, 4) is 0 Å². The van der Waals surface area contributed by atoms with Crippen LogP contribution in [0.4, 0.5) is 0 Å². The molecular formula is C16H23NO3S. The highest BCUT2D eigenvalue weighted by atomic mass is 32.2. The Morgan fingerprint density at radius 1 is 1.24 bits per heavy atom. The SMILES string of the molecule is CC[C@@H](NC(=O)C1CCCC1)c1ccc(S(C)(=O)=O)cc1. The van der Waals surface area contributed by atoms with Crippen LogP contribution in [0.25, 0.3) is 0 Å². The zero-order valence-corrected chi connectivity index (χ0v) is 13.4. The number of carbonyl (C=O) groups is 1. The summed E-state index contributed by atoms with van der Waals surface area (Å²) in [7, 11) is -3.18. The molecule has 5 heteroatoms. The zero-order chi connectivity index (χ0) is 15.5. The number of amides is 1. The largest absolute Gasteiger partial charge is 0.349 e. The Balaban J connectivity index is 2.08. The first-order valence-corrected chi connectivity index (χ1v) is 9.41. The van der Waals surface area contributed by atoms with E-state index in [9.17, 15) is 13.2 Å². The summed E-state index contributed by atoms with van der Waals surface area (Å²) < 4.78 is 22.9. The fourth-order valence-corrected chi connectivity index (χ4v) is 3.48. The van der Waals surface area contributed by atoms with Gasteiger partial charge in [-0.05, 0) is 37.0 Å². The molecule has 4 nitrogen and oxygen atoms in total. The number of hydrogen-bond donors (Lipinski definition) is 1. The summed E-state index contributed by atoms with van der Waals surface area (Å²) in [5, 5.41) is 3.09. The summed E-state index contributed by atoms with van der Waals surface area (Å²) in [5.74, 6) is 0.279. The Morgan fingerprint density at radius 3 is 2.29 bits per heavy atom. The summed E-state index contributed by atoms with van der Waals surface area (Å²) in [6, 6.07) is 6.75. The van der Waals surface area contributed by atoms with E-state index in [0.29, 0.717) is 4.90 Å². The van der Waals surface area contributed by atoms with Crippen LogP contribution < -0.4 is 5.32 Å². The zero-order valence-electron chi connectivity index (χ0n) is 12.6. The highest BCUT2D eigenvalue weighted by Gasteiger charge is 2.24. The van der Waals surface area contributed by atoms with Gasteiger partial charge in [0, 0.05) is 12.2 Å². The smallest absolute Gasteiger partial charge is 0.223 e. The molecule has 1 aromatic carbocycles. The van der Waals surface area contributed by atoms with E-state index in [4.69, 9.17) is 0 Å². The molecule has 1 atom stereocenters. The lowest BCUT2D eigenvalue weighted by Gasteiger charge is -2.20. The van der Waals surface area contributed by atoms with Gasteiger partial charge in [0.15, 0.2) is 9.84 Å². The lowest BCUT2D eigenvalue weighted by Crippen LogP contribution is -2.32. The Bertz CT molecular complexity index is 586. The van der Waals surface area contributed by atoms with E-state index in [-0.39, 0.29) is 17.9 Å². The van der Waals surface area contributed by atoms with Crippen molar-refractivity contribution in [1.29, 1.82) is 0 Å². The average Bonchev–Trinajstić information content (AvgIpc) is 2.98. The van der Waals surface area contributed by atoms with E-state index < -0.39 is 9.84 Å². The van der Waals surface area contributed by atoms with E-state index in [1.807, 2.05) is 6.92 Å². The van der Waals surface area contributed by atoms with Gasteiger partial charge in [-0.3, -0.25) is 4.79 Å². The summed E-state index contributed by atoms with van der Waals surface area (Å²) in [6.45, 7) is 2.02. The number of nitrogens with one attached hydrogen (secondary N) is 1. The van der Waals surface area contributed by atoms with Crippen LogP contribution in [-0.2, 0) is 14.6 Å². The van der Waals surface area contributed by atoms with Gasteiger partial charge in [-0.2, -0.15) is 0 Å². The van der Waals surface area contributed by atoms with Gasteiger partial charge in [-0.1, -0.05) is 31.9 Å². The third-order valence-electron chi connectivity index (χ3n) is 4.16. The first-order chi connectivity index (χ1) is 9.91. The number of carbonyl (C=O) groups excluding carboxylic acids is 1. The van der Waals surface area contributed by atoms with E-state index in [2.05, 4.69) is 5.32 Å². The van der Waals surface area contributed by atoms with Gasteiger partial charge in [-0.15, -0.1) is 0 Å². The van der Waals surface area contributed by atoms with E-state index >= 15 is 0 Å². The second kappa shape index (κ2) is 6.60. The molecule has 1 saturated carbocycles. The molecule has 1 amide bonds. The highest BCUT2D eigenvalue weighted by molar-refractivity contribution is 7.90. The van der Waals surface area contributed by atoms with Crippen molar-refractivity contribution in [2.75, 3.05) is 6.26 Å². The lowest BCUT2D eigenvalue weighted by atomic mass is 10.0. The third kappa shape index (κ3) is 4.06. The molecule has 0 heterocycles. The molecule has 116 valence electrons. The number of sulfone groups is 1. The second-order valence-corrected chi connectivity index (χ2v) is 7.81. The topological polar surface area (TPSA) is 63.2 Å². The van der Waals surface area contributed by atoms with Gasteiger partial charge in [0.05, 0.1) is 10.9 Å². The van der Waals surface area contributed by atoms with Gasteiger partial charge in [0.1, 0.15) is 0 Å².